The summed E-state index contributed by atoms with van der Waals surface area (Å²) in [6, 6.07) is 0. The normalized spacial score (nSPS) is 35.5. The van der Waals surface area contributed by atoms with Crippen molar-refractivity contribution in [2.75, 3.05) is 0 Å². The molecule has 0 aromatic carbocycles. The highest BCUT2D eigenvalue weighted by Crippen LogP contribution is 2.59. The summed E-state index contributed by atoms with van der Waals surface area (Å²) in [7, 11) is 0. The third-order valence-electron chi connectivity index (χ3n) is 6.07. The second kappa shape index (κ2) is 5.73. The number of aliphatic hydroxyl groups excluding tert-OH is 1. The van der Waals surface area contributed by atoms with Crippen LogP contribution in [0.1, 0.15) is 68.3 Å². The van der Waals surface area contributed by atoms with Crippen LogP contribution in [0.25, 0.3) is 0 Å². The first-order valence-electron chi connectivity index (χ1n) is 8.70. The number of esters is 1. The van der Waals surface area contributed by atoms with Gasteiger partial charge in [0.15, 0.2) is 5.76 Å². The lowest BCUT2D eigenvalue weighted by Gasteiger charge is -2.53. The fourth-order valence-corrected chi connectivity index (χ4v) is 4.36. The lowest BCUT2D eigenvalue weighted by Crippen LogP contribution is -2.55. The van der Waals surface area contributed by atoms with Gasteiger partial charge in [0.1, 0.15) is 6.10 Å². The molecule has 2 aliphatic rings. The molecule has 5 nitrogen and oxygen atoms in total. The molecule has 0 amide bonds. The number of fused-ring (bicyclic) bond motifs is 2. The molecule has 0 unspecified atom stereocenters. The minimum atomic E-state index is -0.738. The lowest BCUT2D eigenvalue weighted by atomic mass is 9.53. The van der Waals surface area contributed by atoms with E-state index in [0.29, 0.717) is 12.0 Å². The molecule has 132 valence electrons. The Morgan fingerprint density at radius 3 is 2.71 bits per heavy atom. The van der Waals surface area contributed by atoms with Crippen molar-refractivity contribution in [1.82, 2.24) is 0 Å². The zero-order valence-electron chi connectivity index (χ0n) is 15.0. The van der Waals surface area contributed by atoms with E-state index >= 15 is 0 Å². The van der Waals surface area contributed by atoms with Gasteiger partial charge in [-0.15, -0.1) is 0 Å². The first-order valence-corrected chi connectivity index (χ1v) is 8.70. The number of Topliss-reactive ketones (excluding diaryl/α,β-unsaturated/α-hetero) is 1. The standard InChI is InChI=1S/C19H26O5/c1-9(2)18(22)24-17-13-10(3)8-23-16(13)15(21)14-12(20)7-6-11(4)19(14,17)5/h8-9,11-12,14,17,20H,6-7H2,1-5H3/t11-,12-,14+,17+,19+/m0/s1. The maximum Gasteiger partial charge on any atom is 0.309 e. The monoisotopic (exact) mass is 334 g/mol. The summed E-state index contributed by atoms with van der Waals surface area (Å²) < 4.78 is 11.4. The highest BCUT2D eigenvalue weighted by Gasteiger charge is 2.61. The largest absolute Gasteiger partial charge is 0.460 e. The summed E-state index contributed by atoms with van der Waals surface area (Å²) in [5.74, 6) is -0.954. The number of rotatable bonds is 2. The molecule has 0 bridgehead atoms. The van der Waals surface area contributed by atoms with Crippen LogP contribution >= 0.6 is 0 Å². The van der Waals surface area contributed by atoms with Crippen molar-refractivity contribution >= 4 is 11.8 Å². The van der Waals surface area contributed by atoms with E-state index < -0.39 is 23.5 Å². The number of carbonyl (C=O) groups is 2. The topological polar surface area (TPSA) is 76.7 Å². The van der Waals surface area contributed by atoms with Crippen molar-refractivity contribution in [3.05, 3.63) is 23.2 Å². The first-order chi connectivity index (χ1) is 11.2. The Bertz CT molecular complexity index is 673. The SMILES string of the molecule is Cc1coc2c1[C@@H](OC(=O)C(C)C)[C@]1(C)[C@@H](C)CC[C@H](O)[C@@H]1C2=O. The molecular weight excluding hydrogens is 308 g/mol. The van der Waals surface area contributed by atoms with Crippen molar-refractivity contribution in [1.29, 1.82) is 0 Å². The number of aliphatic hydroxyl groups is 1. The third-order valence-corrected chi connectivity index (χ3v) is 6.07. The maximum absolute atomic E-state index is 13.0. The predicted molar refractivity (Wildman–Crippen MR) is 87.4 cm³/mol. The van der Waals surface area contributed by atoms with Crippen molar-refractivity contribution in [3.63, 3.8) is 0 Å². The van der Waals surface area contributed by atoms with Crippen LogP contribution in [-0.4, -0.2) is 23.0 Å². The Hall–Kier alpha value is -1.62. The quantitative estimate of drug-likeness (QED) is 0.838. The number of carbonyl (C=O) groups excluding carboxylic acids is 2. The molecule has 0 saturated heterocycles. The second-order valence-electron chi connectivity index (χ2n) is 7.89. The van der Waals surface area contributed by atoms with Gasteiger partial charge in [-0.1, -0.05) is 27.7 Å². The molecule has 1 aromatic heterocycles. The van der Waals surface area contributed by atoms with Gasteiger partial charge >= 0.3 is 5.97 Å². The smallest absolute Gasteiger partial charge is 0.309 e. The van der Waals surface area contributed by atoms with Crippen LogP contribution < -0.4 is 0 Å². The van der Waals surface area contributed by atoms with Gasteiger partial charge in [0.05, 0.1) is 24.2 Å². The Morgan fingerprint density at radius 2 is 2.08 bits per heavy atom. The van der Waals surface area contributed by atoms with Gasteiger partial charge < -0.3 is 14.3 Å². The number of hydrogen-bond acceptors (Lipinski definition) is 5. The molecule has 3 rings (SSSR count). The number of aryl methyl sites for hydroxylation is 1. The molecule has 0 aliphatic heterocycles. The Labute approximate surface area is 142 Å². The van der Waals surface area contributed by atoms with Crippen LogP contribution in [0.3, 0.4) is 0 Å². The molecular formula is C19H26O5. The van der Waals surface area contributed by atoms with E-state index in [1.165, 1.54) is 6.26 Å². The van der Waals surface area contributed by atoms with Crippen LogP contribution in [0.15, 0.2) is 10.7 Å². The van der Waals surface area contributed by atoms with Crippen molar-refractivity contribution in [3.8, 4) is 0 Å². The summed E-state index contributed by atoms with van der Waals surface area (Å²) in [6.07, 6.45) is 1.60. The van der Waals surface area contributed by atoms with Gasteiger partial charge in [0.2, 0.25) is 5.78 Å². The molecule has 1 heterocycles. The van der Waals surface area contributed by atoms with Crippen LogP contribution in [0.5, 0.6) is 0 Å². The van der Waals surface area contributed by atoms with Gasteiger partial charge in [-0.05, 0) is 31.2 Å². The average molecular weight is 334 g/mol. The van der Waals surface area contributed by atoms with E-state index in [-0.39, 0.29) is 29.3 Å². The van der Waals surface area contributed by atoms with Crippen LogP contribution in [0.4, 0.5) is 0 Å². The maximum atomic E-state index is 13.0. The van der Waals surface area contributed by atoms with E-state index in [0.717, 1.165) is 12.0 Å². The lowest BCUT2D eigenvalue weighted by molar-refractivity contribution is -0.176. The number of hydrogen-bond donors (Lipinski definition) is 1. The molecule has 5 atom stereocenters. The van der Waals surface area contributed by atoms with Crippen molar-refractivity contribution in [2.24, 2.45) is 23.2 Å². The summed E-state index contributed by atoms with van der Waals surface area (Å²) in [6.45, 7) is 9.48. The van der Waals surface area contributed by atoms with Gasteiger partial charge in [0.25, 0.3) is 0 Å². The molecule has 0 spiro atoms. The molecule has 1 N–H and O–H groups in total. The highest BCUT2D eigenvalue weighted by molar-refractivity contribution is 5.99. The zero-order valence-corrected chi connectivity index (χ0v) is 15.0. The fraction of sp³-hybridized carbons (Fsp3) is 0.684. The van der Waals surface area contributed by atoms with E-state index in [2.05, 4.69) is 6.92 Å². The number of furan rings is 1. The minimum Gasteiger partial charge on any atom is -0.460 e. The summed E-state index contributed by atoms with van der Waals surface area (Å²) in [4.78, 5) is 25.3. The molecule has 1 fully saturated rings. The third kappa shape index (κ3) is 2.25. The Balaban J connectivity index is 2.18. The minimum absolute atomic E-state index is 0.141. The van der Waals surface area contributed by atoms with E-state index in [9.17, 15) is 14.7 Å². The fourth-order valence-electron chi connectivity index (χ4n) is 4.36. The zero-order chi connectivity index (χ0) is 17.8. The van der Waals surface area contributed by atoms with Crippen LogP contribution in [0.2, 0.25) is 0 Å². The Morgan fingerprint density at radius 1 is 1.42 bits per heavy atom. The molecule has 2 aliphatic carbocycles. The number of ether oxygens (including phenoxy) is 1. The van der Waals surface area contributed by atoms with Gasteiger partial charge in [0, 0.05) is 11.0 Å². The average Bonchev–Trinajstić information content (AvgIpc) is 2.89. The highest BCUT2D eigenvalue weighted by atomic mass is 16.5. The van der Waals surface area contributed by atoms with E-state index in [1.54, 1.807) is 13.8 Å². The predicted octanol–water partition coefficient (Wildman–Crippen LogP) is 3.44. The molecule has 24 heavy (non-hydrogen) atoms. The van der Waals surface area contributed by atoms with Gasteiger partial charge in [-0.25, -0.2) is 0 Å². The van der Waals surface area contributed by atoms with E-state index in [1.807, 2.05) is 13.8 Å². The summed E-state index contributed by atoms with van der Waals surface area (Å²) >= 11 is 0. The van der Waals surface area contributed by atoms with Crippen LogP contribution in [0, 0.1) is 30.1 Å². The van der Waals surface area contributed by atoms with Gasteiger partial charge in [-0.2, -0.15) is 0 Å². The number of ketones is 1. The summed E-state index contributed by atoms with van der Waals surface area (Å²) in [5, 5.41) is 10.5. The van der Waals surface area contributed by atoms with Gasteiger partial charge in [-0.3, -0.25) is 9.59 Å². The van der Waals surface area contributed by atoms with Crippen molar-refractivity contribution in [2.45, 2.75) is 59.7 Å². The molecule has 1 saturated carbocycles. The summed E-state index contributed by atoms with van der Waals surface area (Å²) in [5.41, 5.74) is 0.849. The van der Waals surface area contributed by atoms with Crippen molar-refractivity contribution < 1.29 is 23.8 Å². The van der Waals surface area contributed by atoms with Crippen LogP contribution in [-0.2, 0) is 9.53 Å². The second-order valence-corrected chi connectivity index (χ2v) is 7.89. The molecule has 1 aromatic rings. The molecule has 0 radical (unpaired) electrons. The Kier molecular flexibility index (Phi) is 4.11. The first kappa shape index (κ1) is 17.2. The molecule has 5 heteroatoms. The van der Waals surface area contributed by atoms with E-state index in [4.69, 9.17) is 9.15 Å².